The van der Waals surface area contributed by atoms with E-state index in [1.807, 2.05) is 19.9 Å². The third-order valence-corrected chi connectivity index (χ3v) is 3.48. The summed E-state index contributed by atoms with van der Waals surface area (Å²) in [5, 5.41) is 10.0. The number of carboxylic acids is 1. The van der Waals surface area contributed by atoms with Crippen LogP contribution in [0.25, 0.3) is 0 Å². The van der Waals surface area contributed by atoms with E-state index in [9.17, 15) is 9.90 Å². The Morgan fingerprint density at radius 3 is 2.68 bits per heavy atom. The summed E-state index contributed by atoms with van der Waals surface area (Å²) in [5.41, 5.74) is 7.45. The number of aliphatic carboxylic acids is 1. The van der Waals surface area contributed by atoms with Gasteiger partial charge in [0.05, 0.1) is 0 Å². The molecule has 0 aliphatic heterocycles. The van der Waals surface area contributed by atoms with Gasteiger partial charge in [0, 0.05) is 18.0 Å². The minimum Gasteiger partial charge on any atom is -0.480 e. The fourth-order valence-corrected chi connectivity index (χ4v) is 2.38. The van der Waals surface area contributed by atoms with Crippen molar-refractivity contribution in [2.45, 2.75) is 26.3 Å². The van der Waals surface area contributed by atoms with Gasteiger partial charge < -0.3 is 15.7 Å². The van der Waals surface area contributed by atoms with Crippen LogP contribution in [-0.4, -0.2) is 33.7 Å². The van der Waals surface area contributed by atoms with Crippen molar-refractivity contribution in [3.8, 4) is 0 Å². The first-order valence-corrected chi connectivity index (χ1v) is 6.69. The lowest BCUT2D eigenvalue weighted by molar-refractivity contribution is -0.141. The van der Waals surface area contributed by atoms with Gasteiger partial charge in [-0.05, 0) is 49.3 Å². The highest BCUT2D eigenvalue weighted by Gasteiger charge is 2.26. The number of carboxylic acid groups (broad SMARTS) is 1. The molecule has 0 heterocycles. The van der Waals surface area contributed by atoms with E-state index in [2.05, 4.69) is 0 Å². The van der Waals surface area contributed by atoms with Crippen LogP contribution in [0.15, 0.2) is 18.2 Å². The average Bonchev–Trinajstić information content (AvgIpc) is 2.32. The molecular weight excluding hydrogens is 284 g/mol. The lowest BCUT2D eigenvalue weighted by Gasteiger charge is -2.28. The Kier molecular flexibility index (Phi) is 5.57. The lowest BCUT2D eigenvalue weighted by atomic mass is 10.0. The van der Waals surface area contributed by atoms with Gasteiger partial charge in [-0.1, -0.05) is 17.7 Å². The molecule has 0 radical (unpaired) electrons. The van der Waals surface area contributed by atoms with E-state index in [1.165, 1.54) is 4.90 Å². The van der Waals surface area contributed by atoms with E-state index in [-0.39, 0.29) is 5.11 Å². The van der Waals surface area contributed by atoms with Gasteiger partial charge in [0.15, 0.2) is 5.11 Å². The molecule has 0 aliphatic carbocycles. The van der Waals surface area contributed by atoms with E-state index in [0.717, 1.165) is 11.1 Å². The van der Waals surface area contributed by atoms with Crippen molar-refractivity contribution < 1.29 is 9.90 Å². The molecule has 0 spiro atoms. The summed E-state index contributed by atoms with van der Waals surface area (Å²) < 4.78 is 0. The number of hydrogen-bond donors (Lipinski definition) is 2. The standard InChI is InChI=1S/C13H17ClN2O2S/c1-3-16(13(15)19)11(12(17)18)7-9-6-10(14)5-4-8(9)2/h4-6,11H,3,7H2,1-2H3,(H2,15,19)(H,17,18). The predicted molar refractivity (Wildman–Crippen MR) is 80.5 cm³/mol. The summed E-state index contributed by atoms with van der Waals surface area (Å²) in [6.45, 7) is 4.19. The highest BCUT2D eigenvalue weighted by atomic mass is 35.5. The highest BCUT2D eigenvalue weighted by molar-refractivity contribution is 7.80. The van der Waals surface area contributed by atoms with Crippen molar-refractivity contribution >= 4 is 34.9 Å². The Morgan fingerprint density at radius 2 is 2.21 bits per heavy atom. The topological polar surface area (TPSA) is 66.6 Å². The summed E-state index contributed by atoms with van der Waals surface area (Å²) in [4.78, 5) is 12.9. The van der Waals surface area contributed by atoms with Crippen LogP contribution >= 0.6 is 23.8 Å². The van der Waals surface area contributed by atoms with Crippen molar-refractivity contribution in [3.05, 3.63) is 34.3 Å². The first-order valence-electron chi connectivity index (χ1n) is 5.90. The summed E-state index contributed by atoms with van der Waals surface area (Å²) in [6, 6.07) is 4.65. The molecule has 19 heavy (non-hydrogen) atoms. The molecule has 4 nitrogen and oxygen atoms in total. The molecule has 0 bridgehead atoms. The van der Waals surface area contributed by atoms with Gasteiger partial charge >= 0.3 is 5.97 Å². The van der Waals surface area contributed by atoms with Crippen molar-refractivity contribution in [1.82, 2.24) is 4.90 Å². The third-order valence-electron chi connectivity index (χ3n) is 3.01. The second kappa shape index (κ2) is 6.73. The van der Waals surface area contributed by atoms with Gasteiger partial charge in [-0.2, -0.15) is 0 Å². The van der Waals surface area contributed by atoms with E-state index < -0.39 is 12.0 Å². The number of benzene rings is 1. The zero-order valence-corrected chi connectivity index (χ0v) is 12.5. The molecule has 0 saturated heterocycles. The van der Waals surface area contributed by atoms with Crippen LogP contribution in [0.5, 0.6) is 0 Å². The van der Waals surface area contributed by atoms with Crippen LogP contribution in [0.1, 0.15) is 18.1 Å². The summed E-state index contributed by atoms with van der Waals surface area (Å²) in [5.74, 6) is -0.950. The monoisotopic (exact) mass is 300 g/mol. The summed E-state index contributed by atoms with van der Waals surface area (Å²) in [6.07, 6.45) is 0.312. The molecule has 0 amide bonds. The van der Waals surface area contributed by atoms with Crippen molar-refractivity contribution in [1.29, 1.82) is 0 Å². The summed E-state index contributed by atoms with van der Waals surface area (Å²) in [7, 11) is 0. The van der Waals surface area contributed by atoms with Gasteiger partial charge in [0.1, 0.15) is 6.04 Å². The molecule has 3 N–H and O–H groups in total. The second-order valence-corrected chi connectivity index (χ2v) is 5.11. The van der Waals surface area contributed by atoms with Crippen molar-refractivity contribution in [2.24, 2.45) is 5.73 Å². The van der Waals surface area contributed by atoms with E-state index in [4.69, 9.17) is 29.6 Å². The van der Waals surface area contributed by atoms with Crippen LogP contribution in [0, 0.1) is 6.92 Å². The Labute approximate surface area is 123 Å². The quantitative estimate of drug-likeness (QED) is 0.816. The Hall–Kier alpha value is -1.33. The minimum absolute atomic E-state index is 0.0922. The Balaban J connectivity index is 3.05. The zero-order chi connectivity index (χ0) is 14.6. The first kappa shape index (κ1) is 15.7. The molecule has 1 atom stereocenters. The molecule has 1 aromatic carbocycles. The molecule has 0 fully saturated rings. The minimum atomic E-state index is -0.950. The third kappa shape index (κ3) is 4.08. The van der Waals surface area contributed by atoms with Gasteiger partial charge in [0.25, 0.3) is 0 Å². The molecule has 0 aliphatic rings. The van der Waals surface area contributed by atoms with Gasteiger partial charge in [-0.25, -0.2) is 4.79 Å². The number of likely N-dealkylation sites (N-methyl/N-ethyl adjacent to an activating group) is 1. The van der Waals surface area contributed by atoms with Gasteiger partial charge in [-0.15, -0.1) is 0 Å². The number of halogens is 1. The molecule has 1 aromatic rings. The number of nitrogens with two attached hydrogens (primary N) is 1. The van der Waals surface area contributed by atoms with Crippen molar-refractivity contribution in [2.75, 3.05) is 6.54 Å². The van der Waals surface area contributed by atoms with E-state index in [0.29, 0.717) is 18.0 Å². The molecule has 0 saturated carbocycles. The van der Waals surface area contributed by atoms with E-state index in [1.54, 1.807) is 12.1 Å². The number of aryl methyl sites for hydroxylation is 1. The van der Waals surface area contributed by atoms with Crippen LogP contribution in [0.4, 0.5) is 0 Å². The number of hydrogen-bond acceptors (Lipinski definition) is 2. The van der Waals surface area contributed by atoms with Crippen molar-refractivity contribution in [3.63, 3.8) is 0 Å². The average molecular weight is 301 g/mol. The molecule has 1 rings (SSSR count). The Bertz CT molecular complexity index is 494. The maximum atomic E-state index is 11.4. The van der Waals surface area contributed by atoms with Gasteiger partial charge in [0.2, 0.25) is 0 Å². The van der Waals surface area contributed by atoms with Crippen LogP contribution in [0.3, 0.4) is 0 Å². The molecule has 104 valence electrons. The van der Waals surface area contributed by atoms with E-state index >= 15 is 0 Å². The smallest absolute Gasteiger partial charge is 0.326 e. The number of carbonyl (C=O) groups is 1. The molecule has 0 aromatic heterocycles. The van der Waals surface area contributed by atoms with Crippen LogP contribution in [0.2, 0.25) is 5.02 Å². The molecule has 1 unspecified atom stereocenters. The normalized spacial score (nSPS) is 11.9. The maximum Gasteiger partial charge on any atom is 0.326 e. The number of thiocarbonyl (C=S) groups is 1. The maximum absolute atomic E-state index is 11.4. The van der Waals surface area contributed by atoms with Crippen LogP contribution in [-0.2, 0) is 11.2 Å². The predicted octanol–water partition coefficient (Wildman–Crippen LogP) is 2.21. The van der Waals surface area contributed by atoms with Crippen LogP contribution < -0.4 is 5.73 Å². The molecular formula is C13H17ClN2O2S. The zero-order valence-electron chi connectivity index (χ0n) is 10.9. The fraction of sp³-hybridized carbons (Fsp3) is 0.385. The molecule has 6 heteroatoms. The number of nitrogens with zero attached hydrogens (tertiary/aromatic N) is 1. The first-order chi connectivity index (χ1) is 8.86. The fourth-order valence-electron chi connectivity index (χ4n) is 1.93. The largest absolute Gasteiger partial charge is 0.480 e. The van der Waals surface area contributed by atoms with Gasteiger partial charge in [-0.3, -0.25) is 0 Å². The number of rotatable bonds is 5. The Morgan fingerprint density at radius 1 is 1.58 bits per heavy atom. The highest BCUT2D eigenvalue weighted by Crippen LogP contribution is 2.18. The lowest BCUT2D eigenvalue weighted by Crippen LogP contribution is -2.48. The summed E-state index contributed by atoms with van der Waals surface area (Å²) >= 11 is 10.8. The second-order valence-electron chi connectivity index (χ2n) is 4.25. The SMILES string of the molecule is CCN(C(N)=S)C(Cc1cc(Cl)ccc1C)C(=O)O.